The minimum atomic E-state index is -0.559. The molecular weight excluding hydrogens is 532 g/mol. The molecule has 0 aliphatic rings. The summed E-state index contributed by atoms with van der Waals surface area (Å²) >= 11 is 7.31. The molecule has 4 rings (SSSR count). The summed E-state index contributed by atoms with van der Waals surface area (Å²) in [6.07, 6.45) is 0.221. The molecule has 0 fully saturated rings. The summed E-state index contributed by atoms with van der Waals surface area (Å²) in [7, 11) is 0. The molecule has 198 valence electrons. The lowest BCUT2D eigenvalue weighted by molar-refractivity contribution is -0.116. The van der Waals surface area contributed by atoms with E-state index in [0.717, 1.165) is 16.0 Å². The van der Waals surface area contributed by atoms with Crippen LogP contribution >= 0.6 is 23.4 Å². The zero-order valence-corrected chi connectivity index (χ0v) is 22.8. The third kappa shape index (κ3) is 8.21. The van der Waals surface area contributed by atoms with Crippen LogP contribution in [-0.4, -0.2) is 24.4 Å². The van der Waals surface area contributed by atoms with Crippen LogP contribution < -0.4 is 10.6 Å². The number of halogens is 1. The number of rotatable bonds is 10. The van der Waals surface area contributed by atoms with Crippen LogP contribution in [0, 0.1) is 0 Å². The molecule has 0 radical (unpaired) electrons. The van der Waals surface area contributed by atoms with Crippen molar-refractivity contribution < 1.29 is 19.1 Å². The van der Waals surface area contributed by atoms with Crippen LogP contribution in [0.25, 0.3) is 0 Å². The maximum absolute atomic E-state index is 13.4. The molecule has 6 nitrogen and oxygen atoms in total. The molecule has 0 aromatic heterocycles. The summed E-state index contributed by atoms with van der Waals surface area (Å²) in [6, 6.07) is 30.6. The van der Waals surface area contributed by atoms with Crippen LogP contribution in [0.4, 0.5) is 11.4 Å². The maximum Gasteiger partial charge on any atom is 0.338 e. The minimum Gasteiger partial charge on any atom is -0.462 e. The van der Waals surface area contributed by atoms with Gasteiger partial charge < -0.3 is 15.4 Å². The van der Waals surface area contributed by atoms with Crippen molar-refractivity contribution in [2.45, 2.75) is 23.5 Å². The molecule has 39 heavy (non-hydrogen) atoms. The van der Waals surface area contributed by atoms with Gasteiger partial charge in [-0.3, -0.25) is 9.59 Å². The van der Waals surface area contributed by atoms with Crippen molar-refractivity contribution in [3.05, 3.63) is 125 Å². The van der Waals surface area contributed by atoms with Gasteiger partial charge in [-0.25, -0.2) is 4.79 Å². The van der Waals surface area contributed by atoms with E-state index in [9.17, 15) is 14.4 Å². The van der Waals surface area contributed by atoms with Gasteiger partial charge in [0.05, 0.1) is 18.6 Å². The van der Waals surface area contributed by atoms with Crippen molar-refractivity contribution in [2.75, 3.05) is 17.2 Å². The number of nitrogens with one attached hydrogen (secondary N) is 2. The molecule has 0 spiro atoms. The van der Waals surface area contributed by atoms with Gasteiger partial charge in [0.2, 0.25) is 11.8 Å². The van der Waals surface area contributed by atoms with Crippen LogP contribution in [0.3, 0.4) is 0 Å². The normalized spacial score (nSPS) is 11.3. The fourth-order valence-corrected chi connectivity index (χ4v) is 5.00. The first-order valence-corrected chi connectivity index (χ1v) is 13.6. The van der Waals surface area contributed by atoms with E-state index >= 15 is 0 Å². The lowest BCUT2D eigenvalue weighted by Crippen LogP contribution is -2.19. The zero-order valence-electron chi connectivity index (χ0n) is 21.2. The second kappa shape index (κ2) is 13.6. The number of thioether (sulfide) groups is 1. The number of carbonyl (C=O) groups excluding carboxylic acids is 3. The third-order valence-electron chi connectivity index (χ3n) is 5.65. The van der Waals surface area contributed by atoms with Gasteiger partial charge in [0.1, 0.15) is 5.25 Å². The van der Waals surface area contributed by atoms with Crippen LogP contribution in [0.5, 0.6) is 0 Å². The molecule has 0 heterocycles. The van der Waals surface area contributed by atoms with E-state index in [-0.39, 0.29) is 18.2 Å². The van der Waals surface area contributed by atoms with Gasteiger partial charge in [-0.2, -0.15) is 0 Å². The van der Waals surface area contributed by atoms with Gasteiger partial charge in [-0.15, -0.1) is 11.8 Å². The van der Waals surface area contributed by atoms with E-state index in [0.29, 0.717) is 28.6 Å². The monoisotopic (exact) mass is 558 g/mol. The smallest absolute Gasteiger partial charge is 0.338 e. The quantitative estimate of drug-likeness (QED) is 0.159. The molecule has 0 aliphatic carbocycles. The molecule has 4 aromatic carbocycles. The Morgan fingerprint density at radius 1 is 0.821 bits per heavy atom. The van der Waals surface area contributed by atoms with Crippen LogP contribution in [0.1, 0.15) is 33.7 Å². The Bertz CT molecular complexity index is 1430. The van der Waals surface area contributed by atoms with Crippen LogP contribution in [-0.2, 0) is 20.7 Å². The molecule has 0 aliphatic heterocycles. The number of hydrogen-bond donors (Lipinski definition) is 2. The zero-order chi connectivity index (χ0) is 27.6. The highest BCUT2D eigenvalue weighted by Crippen LogP contribution is 2.37. The van der Waals surface area contributed by atoms with Crippen molar-refractivity contribution in [3.63, 3.8) is 0 Å². The Morgan fingerprint density at radius 3 is 2.23 bits per heavy atom. The Kier molecular flexibility index (Phi) is 9.78. The second-order valence-electron chi connectivity index (χ2n) is 8.57. The van der Waals surface area contributed by atoms with Gasteiger partial charge in [0, 0.05) is 21.3 Å². The molecule has 0 bridgehead atoms. The molecule has 1 unspecified atom stereocenters. The van der Waals surface area contributed by atoms with E-state index in [4.69, 9.17) is 16.3 Å². The molecular formula is C31H27ClN2O4S. The highest BCUT2D eigenvalue weighted by atomic mass is 35.5. The molecule has 0 saturated heterocycles. The Morgan fingerprint density at radius 2 is 1.54 bits per heavy atom. The summed E-state index contributed by atoms with van der Waals surface area (Å²) < 4.78 is 5.02. The average Bonchev–Trinajstić information content (AvgIpc) is 2.94. The first-order valence-electron chi connectivity index (χ1n) is 12.4. The Balaban J connectivity index is 1.46. The van der Waals surface area contributed by atoms with Crippen molar-refractivity contribution in [2.24, 2.45) is 0 Å². The lowest BCUT2D eigenvalue weighted by atomic mass is 10.1. The highest BCUT2D eigenvalue weighted by molar-refractivity contribution is 8.00. The fourth-order valence-electron chi connectivity index (χ4n) is 3.79. The second-order valence-corrected chi connectivity index (χ2v) is 10.2. The number of anilines is 2. The summed E-state index contributed by atoms with van der Waals surface area (Å²) in [5.41, 5.74) is 3.32. The molecule has 4 aromatic rings. The van der Waals surface area contributed by atoms with Crippen LogP contribution in [0.15, 0.2) is 108 Å². The van der Waals surface area contributed by atoms with Crippen molar-refractivity contribution in [1.29, 1.82) is 0 Å². The van der Waals surface area contributed by atoms with E-state index < -0.39 is 11.2 Å². The predicted molar refractivity (Wildman–Crippen MR) is 156 cm³/mol. The molecule has 2 N–H and O–H groups in total. The van der Waals surface area contributed by atoms with Crippen molar-refractivity contribution in [1.82, 2.24) is 0 Å². The highest BCUT2D eigenvalue weighted by Gasteiger charge is 2.22. The number of ether oxygens (including phenoxy) is 1. The van der Waals surface area contributed by atoms with Gasteiger partial charge in [0.15, 0.2) is 0 Å². The van der Waals surface area contributed by atoms with Crippen molar-refractivity contribution >= 4 is 52.5 Å². The predicted octanol–water partition coefficient (Wildman–Crippen LogP) is 7.17. The van der Waals surface area contributed by atoms with Crippen LogP contribution in [0.2, 0.25) is 5.02 Å². The minimum absolute atomic E-state index is 0.150. The van der Waals surface area contributed by atoms with E-state index in [1.807, 2.05) is 66.7 Å². The molecule has 8 heteroatoms. The summed E-state index contributed by atoms with van der Waals surface area (Å²) in [5, 5.41) is 5.93. The summed E-state index contributed by atoms with van der Waals surface area (Å²) in [5.74, 6) is -0.774. The number of hydrogen-bond acceptors (Lipinski definition) is 5. The standard InChI is InChI=1S/C31H27ClN2O4S/c1-2-38-31(37)23-13-17-25(18-14-23)34-30(36)29(22-7-4-3-5-8-22)39-27-10-6-9-26(20-27)33-28(35)19-21-11-15-24(32)16-12-21/h3-18,20,29H,2,19H2,1H3,(H,33,35)(H,34,36). The Labute approximate surface area is 236 Å². The fraction of sp³-hybridized carbons (Fsp3) is 0.129. The molecule has 2 amide bonds. The van der Waals surface area contributed by atoms with Gasteiger partial charge >= 0.3 is 5.97 Å². The Hall–Kier alpha value is -4.07. The largest absolute Gasteiger partial charge is 0.462 e. The molecule has 1 atom stereocenters. The van der Waals surface area contributed by atoms with Crippen molar-refractivity contribution in [3.8, 4) is 0 Å². The van der Waals surface area contributed by atoms with Gasteiger partial charge in [-0.1, -0.05) is 60.1 Å². The van der Waals surface area contributed by atoms with E-state index in [1.165, 1.54) is 11.8 Å². The summed E-state index contributed by atoms with van der Waals surface area (Å²) in [4.78, 5) is 38.8. The van der Waals surface area contributed by atoms with E-state index in [1.54, 1.807) is 43.3 Å². The van der Waals surface area contributed by atoms with E-state index in [2.05, 4.69) is 10.6 Å². The van der Waals surface area contributed by atoms with Gasteiger partial charge in [-0.05, 0) is 72.6 Å². The number of carbonyl (C=O) groups is 3. The first kappa shape index (κ1) is 28.0. The molecule has 0 saturated carbocycles. The number of esters is 1. The average molecular weight is 559 g/mol. The SMILES string of the molecule is CCOC(=O)c1ccc(NC(=O)C(Sc2cccc(NC(=O)Cc3ccc(Cl)cc3)c2)c2ccccc2)cc1. The third-order valence-corrected chi connectivity index (χ3v) is 7.15. The first-order chi connectivity index (χ1) is 18.9. The van der Waals surface area contributed by atoms with Gasteiger partial charge in [0.25, 0.3) is 0 Å². The topological polar surface area (TPSA) is 84.5 Å². The number of amides is 2. The lowest BCUT2D eigenvalue weighted by Gasteiger charge is -2.18. The number of benzene rings is 4. The maximum atomic E-state index is 13.4. The summed E-state index contributed by atoms with van der Waals surface area (Å²) in [6.45, 7) is 2.04.